The first kappa shape index (κ1) is 13.1. The van der Waals surface area contributed by atoms with Gasteiger partial charge in [-0.05, 0) is 27.7 Å². The van der Waals surface area contributed by atoms with Crippen LogP contribution >= 0.6 is 0 Å². The fourth-order valence-corrected chi connectivity index (χ4v) is 0.510. The molecule has 0 unspecified atom stereocenters. The van der Waals surface area contributed by atoms with Gasteiger partial charge in [0.15, 0.2) is 0 Å². The summed E-state index contributed by atoms with van der Waals surface area (Å²) in [5.41, 5.74) is 0.0278. The van der Waals surface area contributed by atoms with Gasteiger partial charge in [0.25, 0.3) is 0 Å². The lowest BCUT2D eigenvalue weighted by atomic mass is 10.2. The predicted molar refractivity (Wildman–Crippen MR) is 52.6 cm³/mol. The van der Waals surface area contributed by atoms with Crippen LogP contribution in [0.1, 0.15) is 27.7 Å². The molecule has 0 atom stereocenters. The zero-order chi connectivity index (χ0) is 11.2. The molecule has 4 heteroatoms. The van der Waals surface area contributed by atoms with Crippen LogP contribution in [-0.2, 0) is 19.3 Å². The zero-order valence-corrected chi connectivity index (χ0v) is 9.25. The van der Waals surface area contributed by atoms with Gasteiger partial charge in [-0.3, -0.25) is 0 Å². The molecule has 0 fully saturated rings. The summed E-state index contributed by atoms with van der Waals surface area (Å²) in [4.78, 5) is 20.7. The van der Waals surface area contributed by atoms with Gasteiger partial charge in [-0.2, -0.15) is 0 Å². The average Bonchev–Trinajstić information content (AvgIpc) is 2.01. The summed E-state index contributed by atoms with van der Waals surface area (Å²) in [6.45, 7) is 11.0. The van der Waals surface area contributed by atoms with E-state index in [1.807, 2.05) is 20.8 Å². The number of rotatable bonds is 5. The van der Waals surface area contributed by atoms with Crippen LogP contribution in [0.15, 0.2) is 12.2 Å². The van der Waals surface area contributed by atoms with Crippen molar-refractivity contribution in [2.24, 2.45) is 0 Å². The molecule has 0 spiro atoms. The molecule has 0 aromatic heterocycles. The number of carbonyl (C=O) groups is 1. The van der Waals surface area contributed by atoms with Crippen molar-refractivity contribution >= 4 is 5.97 Å². The van der Waals surface area contributed by atoms with Crippen LogP contribution in [0.25, 0.3) is 0 Å². The molecule has 14 heavy (non-hydrogen) atoms. The molecule has 0 rings (SSSR count). The molecule has 0 aromatic carbocycles. The highest BCUT2D eigenvalue weighted by Crippen LogP contribution is 2.06. The van der Waals surface area contributed by atoms with E-state index in [4.69, 9.17) is 14.5 Å². The summed E-state index contributed by atoms with van der Waals surface area (Å²) in [6.07, 6.45) is 0. The predicted octanol–water partition coefficient (Wildman–Crippen LogP) is 1.85. The molecule has 0 heterocycles. The largest absolute Gasteiger partial charge is 0.460 e. The summed E-state index contributed by atoms with van der Waals surface area (Å²) < 4.78 is 4.77. The molecule has 0 amide bonds. The van der Waals surface area contributed by atoms with Crippen molar-refractivity contribution in [2.45, 2.75) is 33.3 Å². The number of ether oxygens (including phenoxy) is 1. The Bertz CT molecular complexity index is 203. The second-order valence-electron chi connectivity index (χ2n) is 3.93. The second-order valence-corrected chi connectivity index (χ2v) is 3.93. The summed E-state index contributed by atoms with van der Waals surface area (Å²) in [5, 5.41) is 0. The third-order valence-electron chi connectivity index (χ3n) is 1.06. The van der Waals surface area contributed by atoms with Gasteiger partial charge in [-0.1, -0.05) is 6.58 Å². The summed E-state index contributed by atoms with van der Waals surface area (Å²) in [5.74, 6) is -0.413. The van der Waals surface area contributed by atoms with Crippen LogP contribution in [0.5, 0.6) is 0 Å². The Hall–Kier alpha value is -0.870. The quantitative estimate of drug-likeness (QED) is 0.224. The third-order valence-corrected chi connectivity index (χ3v) is 1.06. The minimum absolute atomic E-state index is 0.168. The van der Waals surface area contributed by atoms with Gasteiger partial charge >= 0.3 is 5.97 Å². The molecule has 4 nitrogen and oxygen atoms in total. The van der Waals surface area contributed by atoms with E-state index in [2.05, 4.69) is 6.58 Å². The number of carbonyl (C=O) groups excluding carboxylic acids is 1. The summed E-state index contributed by atoms with van der Waals surface area (Å²) >= 11 is 0. The van der Waals surface area contributed by atoms with E-state index in [1.165, 1.54) is 0 Å². The fourth-order valence-electron chi connectivity index (χ4n) is 0.510. The molecule has 0 saturated carbocycles. The van der Waals surface area contributed by atoms with Crippen LogP contribution in [0, 0.1) is 0 Å². The highest BCUT2D eigenvalue weighted by Gasteiger charge is 2.11. The van der Waals surface area contributed by atoms with E-state index in [9.17, 15) is 4.79 Å². The van der Waals surface area contributed by atoms with Gasteiger partial charge in [-0.25, -0.2) is 14.6 Å². The van der Waals surface area contributed by atoms with E-state index in [-0.39, 0.29) is 18.8 Å². The van der Waals surface area contributed by atoms with Crippen molar-refractivity contribution in [1.82, 2.24) is 0 Å². The maximum atomic E-state index is 10.9. The second kappa shape index (κ2) is 5.78. The Morgan fingerprint density at radius 1 is 1.29 bits per heavy atom. The van der Waals surface area contributed by atoms with E-state index in [0.717, 1.165) is 0 Å². The normalized spacial score (nSPS) is 11.1. The smallest absolute Gasteiger partial charge is 0.333 e. The van der Waals surface area contributed by atoms with Gasteiger partial charge in [0.1, 0.15) is 13.2 Å². The van der Waals surface area contributed by atoms with Crippen LogP contribution < -0.4 is 0 Å². The number of hydrogen-bond donors (Lipinski definition) is 0. The lowest BCUT2D eigenvalue weighted by Crippen LogP contribution is -2.21. The summed E-state index contributed by atoms with van der Waals surface area (Å²) in [7, 11) is 0. The number of esters is 1. The first-order chi connectivity index (χ1) is 6.33. The van der Waals surface area contributed by atoms with Gasteiger partial charge in [0.05, 0.1) is 5.60 Å². The fraction of sp³-hybridized carbons (Fsp3) is 0.700. The van der Waals surface area contributed by atoms with Crippen molar-refractivity contribution in [1.29, 1.82) is 0 Å². The summed E-state index contributed by atoms with van der Waals surface area (Å²) in [6, 6.07) is 0. The van der Waals surface area contributed by atoms with Gasteiger partial charge in [0, 0.05) is 5.57 Å². The Labute approximate surface area is 84.8 Å². The molecule has 82 valence electrons. The first-order valence-corrected chi connectivity index (χ1v) is 4.46. The molecule has 0 N–H and O–H groups in total. The van der Waals surface area contributed by atoms with Gasteiger partial charge < -0.3 is 4.74 Å². The minimum Gasteiger partial charge on any atom is -0.460 e. The molecular weight excluding hydrogens is 184 g/mol. The molecule has 0 aliphatic heterocycles. The monoisotopic (exact) mass is 202 g/mol. The Morgan fingerprint density at radius 2 is 1.86 bits per heavy atom. The van der Waals surface area contributed by atoms with Crippen LogP contribution in [-0.4, -0.2) is 24.8 Å². The SMILES string of the molecule is C=C(C)C(=O)OCCOOC(C)(C)C. The zero-order valence-electron chi connectivity index (χ0n) is 9.25. The maximum absolute atomic E-state index is 10.9. The Kier molecular flexibility index (Phi) is 5.42. The highest BCUT2D eigenvalue weighted by atomic mass is 17.2. The topological polar surface area (TPSA) is 44.8 Å². The van der Waals surface area contributed by atoms with Crippen molar-refractivity contribution < 1.29 is 19.3 Å². The molecule has 0 saturated heterocycles. The first-order valence-electron chi connectivity index (χ1n) is 4.46. The minimum atomic E-state index is -0.413. The molecular formula is C10H18O4. The molecule has 0 radical (unpaired) electrons. The highest BCUT2D eigenvalue weighted by molar-refractivity contribution is 5.86. The van der Waals surface area contributed by atoms with E-state index < -0.39 is 5.97 Å². The van der Waals surface area contributed by atoms with Crippen molar-refractivity contribution in [3.63, 3.8) is 0 Å². The standard InChI is InChI=1S/C10H18O4/c1-8(2)9(11)12-6-7-13-14-10(3,4)5/h1,6-7H2,2-5H3. The van der Waals surface area contributed by atoms with Crippen LogP contribution in [0.4, 0.5) is 0 Å². The molecule has 0 aliphatic carbocycles. The van der Waals surface area contributed by atoms with E-state index in [0.29, 0.717) is 5.57 Å². The Balaban J connectivity index is 3.39. The lowest BCUT2D eigenvalue weighted by Gasteiger charge is -2.17. The van der Waals surface area contributed by atoms with Crippen LogP contribution in [0.2, 0.25) is 0 Å². The van der Waals surface area contributed by atoms with Crippen molar-refractivity contribution in [3.8, 4) is 0 Å². The van der Waals surface area contributed by atoms with Crippen LogP contribution in [0.3, 0.4) is 0 Å². The molecule has 0 aromatic rings. The van der Waals surface area contributed by atoms with E-state index in [1.54, 1.807) is 6.92 Å². The van der Waals surface area contributed by atoms with Gasteiger partial charge in [0.2, 0.25) is 0 Å². The van der Waals surface area contributed by atoms with Gasteiger partial charge in [-0.15, -0.1) is 0 Å². The van der Waals surface area contributed by atoms with Crippen molar-refractivity contribution in [2.75, 3.05) is 13.2 Å². The maximum Gasteiger partial charge on any atom is 0.333 e. The Morgan fingerprint density at radius 3 is 2.29 bits per heavy atom. The van der Waals surface area contributed by atoms with E-state index >= 15 is 0 Å². The average molecular weight is 202 g/mol. The van der Waals surface area contributed by atoms with Crippen molar-refractivity contribution in [3.05, 3.63) is 12.2 Å². The number of hydrogen-bond acceptors (Lipinski definition) is 4. The third kappa shape index (κ3) is 7.76. The molecule has 0 aliphatic rings. The lowest BCUT2D eigenvalue weighted by molar-refractivity contribution is -0.350. The molecule has 0 bridgehead atoms.